The summed E-state index contributed by atoms with van der Waals surface area (Å²) in [6.45, 7) is 0.795. The maximum atomic E-state index is 14.0. The number of benzene rings is 5. The Morgan fingerprint density at radius 3 is 1.74 bits per heavy atom. The second-order valence-electron chi connectivity index (χ2n) is 10.4. The van der Waals surface area contributed by atoms with Crippen LogP contribution in [0.15, 0.2) is 140 Å². The number of carbonyl (C=O) groups is 1. The lowest BCUT2D eigenvalue weighted by Crippen LogP contribution is -2.59. The van der Waals surface area contributed by atoms with Crippen molar-refractivity contribution in [2.24, 2.45) is 0 Å². The Bertz CT molecular complexity index is 1710. The molecule has 5 aromatic carbocycles. The average molecular weight is 592 g/mol. The van der Waals surface area contributed by atoms with Gasteiger partial charge in [-0.2, -0.15) is 0 Å². The molecule has 42 heavy (non-hydrogen) atoms. The largest absolute Gasteiger partial charge is 0.545 e. The Morgan fingerprint density at radius 2 is 1.19 bits per heavy atom. The van der Waals surface area contributed by atoms with E-state index in [2.05, 4.69) is 16.7 Å². The number of hydrogen-bond donors (Lipinski definition) is 0. The number of carbonyl (C=O) groups excluding carboxylic acids is 1. The number of nitrogens with zero attached hydrogens (tertiary/aromatic N) is 2. The molecule has 0 radical (unpaired) electrons. The smallest absolute Gasteiger partial charge is 0.281 e. The van der Waals surface area contributed by atoms with E-state index in [1.54, 1.807) is 24.3 Å². The Hall–Kier alpha value is -4.38. The van der Waals surface area contributed by atoms with Crippen molar-refractivity contribution >= 4 is 35.0 Å². The first-order valence-electron chi connectivity index (χ1n) is 13.8. The van der Waals surface area contributed by atoms with Crippen LogP contribution in [-0.4, -0.2) is 21.3 Å². The first-order valence-corrected chi connectivity index (χ1v) is 14.5. The second-order valence-corrected chi connectivity index (χ2v) is 11.3. The van der Waals surface area contributed by atoms with Crippen LogP contribution in [0.3, 0.4) is 0 Å². The zero-order valence-electron chi connectivity index (χ0n) is 22.7. The van der Waals surface area contributed by atoms with Crippen LogP contribution in [0.25, 0.3) is 0 Å². The van der Waals surface area contributed by atoms with Gasteiger partial charge in [-0.15, -0.1) is 0 Å². The molecule has 0 unspecified atom stereocenters. The molecule has 0 aromatic heterocycles. The highest BCUT2D eigenvalue weighted by atomic mass is 35.5. The molecule has 0 spiro atoms. The zero-order chi connectivity index (χ0) is 29.1. The van der Waals surface area contributed by atoms with Gasteiger partial charge >= 0.3 is 0 Å². The second kappa shape index (κ2) is 11.8. The maximum absolute atomic E-state index is 14.0. The predicted molar refractivity (Wildman–Crippen MR) is 165 cm³/mol. The number of aliphatic carboxylic acids is 1. The van der Waals surface area contributed by atoms with Gasteiger partial charge in [-0.05, 0) is 47.5 Å². The molecule has 1 aliphatic rings. The molecule has 0 saturated heterocycles. The van der Waals surface area contributed by atoms with E-state index in [9.17, 15) is 9.90 Å². The fourth-order valence-corrected chi connectivity index (χ4v) is 6.31. The van der Waals surface area contributed by atoms with Crippen molar-refractivity contribution in [1.82, 2.24) is 4.90 Å². The van der Waals surface area contributed by atoms with E-state index in [4.69, 9.17) is 23.2 Å². The molecule has 4 nitrogen and oxygen atoms in total. The van der Waals surface area contributed by atoms with Gasteiger partial charge in [0.15, 0.2) is 6.04 Å². The molecule has 208 valence electrons. The molecule has 0 N–H and O–H groups in total. The first kappa shape index (κ1) is 27.8. The summed E-state index contributed by atoms with van der Waals surface area (Å²) in [6, 6.07) is 43.8. The topological polar surface area (TPSA) is 46.4 Å². The summed E-state index contributed by atoms with van der Waals surface area (Å²) in [7, 11) is 0. The molecule has 6 heteroatoms. The van der Waals surface area contributed by atoms with Crippen LogP contribution in [0.5, 0.6) is 0 Å². The first-order chi connectivity index (χ1) is 20.5. The third-order valence-corrected chi connectivity index (χ3v) is 8.36. The third kappa shape index (κ3) is 5.09. The van der Waals surface area contributed by atoms with Crippen molar-refractivity contribution in [3.05, 3.63) is 177 Å². The van der Waals surface area contributed by atoms with E-state index in [1.807, 2.05) is 108 Å². The molecular formula is C36H28Cl2N2O2. The Balaban J connectivity index is 1.72. The molecule has 2 atom stereocenters. The van der Waals surface area contributed by atoms with Gasteiger partial charge in [0.25, 0.3) is 5.84 Å². The van der Waals surface area contributed by atoms with Crippen LogP contribution in [0.2, 0.25) is 10.0 Å². The molecular weight excluding hydrogens is 563 g/mol. The lowest BCUT2D eigenvalue weighted by Gasteiger charge is -2.39. The fraction of sp³-hybridized carbons (Fsp3) is 0.111. The highest BCUT2D eigenvalue weighted by molar-refractivity contribution is 6.30. The summed E-state index contributed by atoms with van der Waals surface area (Å²) in [5.74, 6) is -0.410. The van der Waals surface area contributed by atoms with Crippen molar-refractivity contribution in [3.63, 3.8) is 0 Å². The molecule has 6 rings (SSSR count). The van der Waals surface area contributed by atoms with Crippen LogP contribution in [0.1, 0.15) is 33.9 Å². The molecule has 0 saturated carbocycles. The highest BCUT2D eigenvalue weighted by Gasteiger charge is 2.63. The van der Waals surface area contributed by atoms with Gasteiger partial charge in [0.1, 0.15) is 13.1 Å². The number of rotatable bonds is 8. The van der Waals surface area contributed by atoms with Crippen molar-refractivity contribution in [2.75, 3.05) is 0 Å². The van der Waals surface area contributed by atoms with Crippen LogP contribution in [0, 0.1) is 0 Å². The summed E-state index contributed by atoms with van der Waals surface area (Å²) in [5.41, 5.74) is 2.68. The van der Waals surface area contributed by atoms with E-state index >= 15 is 0 Å². The number of hydrogen-bond acceptors (Lipinski definition) is 3. The van der Waals surface area contributed by atoms with E-state index in [0.717, 1.165) is 28.1 Å². The normalized spacial score (nSPS) is 18.3. The number of carboxylic acid groups (broad SMARTS) is 1. The summed E-state index contributed by atoms with van der Waals surface area (Å²) >= 11 is 12.7. The lowest BCUT2D eigenvalue weighted by atomic mass is 9.78. The zero-order valence-corrected chi connectivity index (χ0v) is 24.2. The van der Waals surface area contributed by atoms with Crippen LogP contribution < -0.4 is 5.11 Å². The van der Waals surface area contributed by atoms with Gasteiger partial charge in [-0.25, -0.2) is 9.48 Å². The Kier molecular flexibility index (Phi) is 7.84. The van der Waals surface area contributed by atoms with Crippen LogP contribution >= 0.6 is 23.2 Å². The van der Waals surface area contributed by atoms with E-state index in [0.29, 0.717) is 28.7 Å². The van der Waals surface area contributed by atoms with E-state index in [1.165, 1.54) is 0 Å². The summed E-state index contributed by atoms with van der Waals surface area (Å²) < 4.78 is 2.20. The van der Waals surface area contributed by atoms with Gasteiger partial charge < -0.3 is 9.90 Å². The number of amidine groups is 1. The van der Waals surface area contributed by atoms with E-state index < -0.39 is 17.6 Å². The van der Waals surface area contributed by atoms with Gasteiger partial charge in [0, 0.05) is 21.2 Å². The molecule has 1 aliphatic heterocycles. The minimum Gasteiger partial charge on any atom is -0.545 e. The lowest BCUT2D eigenvalue weighted by molar-refractivity contribution is -0.587. The average Bonchev–Trinajstić information content (AvgIpc) is 3.29. The third-order valence-electron chi connectivity index (χ3n) is 7.85. The van der Waals surface area contributed by atoms with Crippen molar-refractivity contribution in [2.45, 2.75) is 24.7 Å². The van der Waals surface area contributed by atoms with Gasteiger partial charge in [0.05, 0.1) is 11.5 Å². The number of halogens is 2. The number of carboxylic acids is 1. The quantitative estimate of drug-likeness (QED) is 0.186. The molecule has 1 heterocycles. The molecule has 0 fully saturated rings. The van der Waals surface area contributed by atoms with Crippen molar-refractivity contribution < 1.29 is 14.5 Å². The fourth-order valence-electron chi connectivity index (χ4n) is 6.06. The van der Waals surface area contributed by atoms with Gasteiger partial charge in [0.2, 0.25) is 5.54 Å². The van der Waals surface area contributed by atoms with Crippen molar-refractivity contribution in [3.8, 4) is 0 Å². The standard InChI is InChI=1S/C36H28Cl2N2O2/c37-31-20-16-28(17-21-31)33-36(35(41)42,30-18-22-32(38)23-19-30)40(25-27-12-6-2-7-13-27)34(29-14-8-3-9-15-29)39(33)24-26-10-4-1-5-11-26/h1-23,33H,24-25H2/t33-,36-/m1/s1. The summed E-state index contributed by atoms with van der Waals surface area (Å²) in [6.07, 6.45) is 0. The van der Waals surface area contributed by atoms with E-state index in [-0.39, 0.29) is 0 Å². The Labute approximate surface area is 255 Å². The summed E-state index contributed by atoms with van der Waals surface area (Å²) in [5, 5.41) is 15.1. The molecule has 5 aromatic rings. The van der Waals surface area contributed by atoms with Crippen molar-refractivity contribution in [1.29, 1.82) is 0 Å². The SMILES string of the molecule is O=C([O-])[C@@]1(c2ccc(Cl)cc2)[C@@H](c2ccc(Cl)cc2)[N+](Cc2ccccc2)=C(c2ccccc2)N1Cc1ccccc1. The van der Waals surface area contributed by atoms with Crippen LogP contribution in [0.4, 0.5) is 0 Å². The van der Waals surface area contributed by atoms with Gasteiger partial charge in [-0.3, -0.25) is 0 Å². The minimum absolute atomic E-state index is 0.330. The van der Waals surface area contributed by atoms with Crippen LogP contribution in [-0.2, 0) is 23.4 Å². The minimum atomic E-state index is -1.63. The monoisotopic (exact) mass is 590 g/mol. The van der Waals surface area contributed by atoms with Gasteiger partial charge in [-0.1, -0.05) is 126 Å². The summed E-state index contributed by atoms with van der Waals surface area (Å²) in [4.78, 5) is 16.0. The predicted octanol–water partition coefficient (Wildman–Crippen LogP) is 6.86. The highest BCUT2D eigenvalue weighted by Crippen LogP contribution is 2.49. The maximum Gasteiger partial charge on any atom is 0.281 e. The molecule has 0 amide bonds. The Morgan fingerprint density at radius 1 is 0.690 bits per heavy atom. The molecule has 0 aliphatic carbocycles. The molecule has 0 bridgehead atoms.